The molecule has 0 saturated carbocycles. The molecule has 0 aromatic heterocycles. The maximum atomic E-state index is 5.43. The number of rotatable bonds is 0. The number of hydrogen-bond donors (Lipinski definition) is 0. The SMILES string of the molecule is C1=CC=CC2(C=C1)OCCO2. The third kappa shape index (κ3) is 1.27. The molecular weight excluding hydrogens is 140 g/mol. The van der Waals surface area contributed by atoms with Crippen LogP contribution in [0.25, 0.3) is 0 Å². The van der Waals surface area contributed by atoms with Crippen LogP contribution in [0.1, 0.15) is 0 Å². The van der Waals surface area contributed by atoms with E-state index in [0.717, 1.165) is 0 Å². The number of hydrogen-bond acceptors (Lipinski definition) is 2. The predicted molar refractivity (Wildman–Crippen MR) is 42.1 cm³/mol. The summed E-state index contributed by atoms with van der Waals surface area (Å²) in [5.41, 5.74) is 0. The highest BCUT2D eigenvalue weighted by Crippen LogP contribution is 2.23. The Kier molecular flexibility index (Phi) is 1.64. The van der Waals surface area contributed by atoms with Crippen molar-refractivity contribution in [3.05, 3.63) is 36.5 Å². The van der Waals surface area contributed by atoms with Crippen molar-refractivity contribution in [1.82, 2.24) is 0 Å². The minimum atomic E-state index is -0.566. The van der Waals surface area contributed by atoms with E-state index in [1.54, 1.807) is 0 Å². The van der Waals surface area contributed by atoms with Crippen LogP contribution in [0, 0.1) is 0 Å². The molecule has 0 bridgehead atoms. The van der Waals surface area contributed by atoms with E-state index in [1.807, 2.05) is 36.5 Å². The van der Waals surface area contributed by atoms with Gasteiger partial charge in [0.1, 0.15) is 0 Å². The van der Waals surface area contributed by atoms with Crippen LogP contribution in [-0.4, -0.2) is 19.0 Å². The smallest absolute Gasteiger partial charge is 0.208 e. The van der Waals surface area contributed by atoms with Gasteiger partial charge in [-0.3, -0.25) is 0 Å². The second-order valence-electron chi connectivity index (χ2n) is 2.52. The van der Waals surface area contributed by atoms with Crippen LogP contribution in [0.3, 0.4) is 0 Å². The molecule has 0 atom stereocenters. The number of ether oxygens (including phenoxy) is 2. The van der Waals surface area contributed by atoms with E-state index in [-0.39, 0.29) is 0 Å². The summed E-state index contributed by atoms with van der Waals surface area (Å²) >= 11 is 0. The Morgan fingerprint density at radius 1 is 0.818 bits per heavy atom. The second kappa shape index (κ2) is 2.64. The molecule has 2 aliphatic rings. The fourth-order valence-corrected chi connectivity index (χ4v) is 1.20. The van der Waals surface area contributed by atoms with E-state index in [1.165, 1.54) is 0 Å². The summed E-state index contributed by atoms with van der Waals surface area (Å²) in [5.74, 6) is -0.566. The maximum Gasteiger partial charge on any atom is 0.208 e. The molecule has 0 unspecified atom stereocenters. The zero-order valence-electron chi connectivity index (χ0n) is 6.19. The molecule has 2 rings (SSSR count). The van der Waals surface area contributed by atoms with Gasteiger partial charge in [-0.05, 0) is 12.2 Å². The Labute approximate surface area is 65.8 Å². The molecule has 2 nitrogen and oxygen atoms in total. The first-order chi connectivity index (χ1) is 5.41. The minimum absolute atomic E-state index is 0.566. The van der Waals surface area contributed by atoms with Gasteiger partial charge in [0.25, 0.3) is 0 Å². The van der Waals surface area contributed by atoms with Crippen LogP contribution in [0.4, 0.5) is 0 Å². The predicted octanol–water partition coefficient (Wildman–Crippen LogP) is 1.41. The first-order valence-corrected chi connectivity index (χ1v) is 3.73. The van der Waals surface area contributed by atoms with Crippen molar-refractivity contribution in [2.75, 3.05) is 13.2 Å². The van der Waals surface area contributed by atoms with E-state index in [0.29, 0.717) is 13.2 Å². The van der Waals surface area contributed by atoms with Crippen molar-refractivity contribution >= 4 is 0 Å². The molecule has 2 heteroatoms. The van der Waals surface area contributed by atoms with Gasteiger partial charge in [0.05, 0.1) is 13.2 Å². The Morgan fingerprint density at radius 3 is 1.91 bits per heavy atom. The monoisotopic (exact) mass is 150 g/mol. The van der Waals surface area contributed by atoms with Crippen molar-refractivity contribution in [3.8, 4) is 0 Å². The molecule has 0 radical (unpaired) electrons. The molecule has 1 saturated heterocycles. The van der Waals surface area contributed by atoms with E-state index >= 15 is 0 Å². The summed E-state index contributed by atoms with van der Waals surface area (Å²) in [6.07, 6.45) is 11.6. The Balaban J connectivity index is 2.24. The van der Waals surface area contributed by atoms with Gasteiger partial charge in [-0.2, -0.15) is 0 Å². The number of allylic oxidation sites excluding steroid dienone is 4. The normalized spacial score (nSPS) is 26.2. The van der Waals surface area contributed by atoms with Gasteiger partial charge < -0.3 is 9.47 Å². The highest BCUT2D eigenvalue weighted by atomic mass is 16.7. The summed E-state index contributed by atoms with van der Waals surface area (Å²) in [5, 5.41) is 0. The average Bonchev–Trinajstić information content (AvgIpc) is 2.32. The molecule has 0 aromatic carbocycles. The standard InChI is InChI=1S/C9H10O2/c1-2-4-6-9(5-3-1)10-7-8-11-9/h1-6H,7-8H2. The van der Waals surface area contributed by atoms with Gasteiger partial charge in [-0.25, -0.2) is 0 Å². The first-order valence-electron chi connectivity index (χ1n) is 3.73. The van der Waals surface area contributed by atoms with Gasteiger partial charge in [0.15, 0.2) is 0 Å². The topological polar surface area (TPSA) is 18.5 Å². The van der Waals surface area contributed by atoms with E-state index in [9.17, 15) is 0 Å². The Morgan fingerprint density at radius 2 is 1.36 bits per heavy atom. The Hall–Kier alpha value is -0.860. The molecule has 0 N–H and O–H groups in total. The minimum Gasteiger partial charge on any atom is -0.341 e. The lowest BCUT2D eigenvalue weighted by Crippen LogP contribution is -2.23. The summed E-state index contributed by atoms with van der Waals surface area (Å²) in [7, 11) is 0. The summed E-state index contributed by atoms with van der Waals surface area (Å²) in [4.78, 5) is 0. The fraction of sp³-hybridized carbons (Fsp3) is 0.333. The van der Waals surface area contributed by atoms with Crippen molar-refractivity contribution < 1.29 is 9.47 Å². The van der Waals surface area contributed by atoms with Crippen LogP contribution in [0.2, 0.25) is 0 Å². The molecule has 1 aliphatic heterocycles. The first kappa shape index (κ1) is 6.83. The maximum absolute atomic E-state index is 5.43. The van der Waals surface area contributed by atoms with Crippen molar-refractivity contribution in [3.63, 3.8) is 0 Å². The molecule has 58 valence electrons. The van der Waals surface area contributed by atoms with Crippen LogP contribution >= 0.6 is 0 Å². The second-order valence-corrected chi connectivity index (χ2v) is 2.52. The zero-order chi connectivity index (χ0) is 7.57. The third-order valence-electron chi connectivity index (χ3n) is 1.73. The van der Waals surface area contributed by atoms with Crippen LogP contribution in [-0.2, 0) is 9.47 Å². The largest absolute Gasteiger partial charge is 0.341 e. The quantitative estimate of drug-likeness (QED) is 0.519. The summed E-state index contributed by atoms with van der Waals surface area (Å²) in [6.45, 7) is 1.35. The van der Waals surface area contributed by atoms with Gasteiger partial charge in [-0.15, -0.1) is 0 Å². The zero-order valence-corrected chi connectivity index (χ0v) is 6.19. The molecule has 11 heavy (non-hydrogen) atoms. The van der Waals surface area contributed by atoms with E-state index in [2.05, 4.69) is 0 Å². The molecule has 1 spiro atoms. The van der Waals surface area contributed by atoms with E-state index < -0.39 is 5.79 Å². The van der Waals surface area contributed by atoms with Crippen LogP contribution < -0.4 is 0 Å². The fourth-order valence-electron chi connectivity index (χ4n) is 1.20. The van der Waals surface area contributed by atoms with Crippen molar-refractivity contribution in [1.29, 1.82) is 0 Å². The summed E-state index contributed by atoms with van der Waals surface area (Å²) in [6, 6.07) is 0. The summed E-state index contributed by atoms with van der Waals surface area (Å²) < 4.78 is 10.9. The van der Waals surface area contributed by atoms with E-state index in [4.69, 9.17) is 9.47 Å². The molecule has 1 fully saturated rings. The lowest BCUT2D eigenvalue weighted by molar-refractivity contribution is -0.0741. The highest BCUT2D eigenvalue weighted by Gasteiger charge is 2.30. The van der Waals surface area contributed by atoms with Gasteiger partial charge in [-0.1, -0.05) is 24.3 Å². The van der Waals surface area contributed by atoms with Crippen molar-refractivity contribution in [2.24, 2.45) is 0 Å². The highest BCUT2D eigenvalue weighted by molar-refractivity contribution is 5.24. The van der Waals surface area contributed by atoms with Gasteiger partial charge >= 0.3 is 0 Å². The van der Waals surface area contributed by atoms with Crippen LogP contribution in [0.5, 0.6) is 0 Å². The lowest BCUT2D eigenvalue weighted by Gasteiger charge is -2.17. The Bertz CT molecular complexity index is 202. The third-order valence-corrected chi connectivity index (χ3v) is 1.73. The molecular formula is C9H10O2. The van der Waals surface area contributed by atoms with Gasteiger partial charge in [0.2, 0.25) is 5.79 Å². The lowest BCUT2D eigenvalue weighted by atomic mass is 10.2. The molecule has 1 aliphatic carbocycles. The van der Waals surface area contributed by atoms with Crippen molar-refractivity contribution in [2.45, 2.75) is 5.79 Å². The molecule has 0 amide bonds. The van der Waals surface area contributed by atoms with Crippen LogP contribution in [0.15, 0.2) is 36.5 Å². The average molecular weight is 150 g/mol. The molecule has 1 heterocycles. The van der Waals surface area contributed by atoms with Gasteiger partial charge in [0, 0.05) is 0 Å². The molecule has 0 aromatic rings.